The van der Waals surface area contributed by atoms with Crippen LogP contribution in [0.3, 0.4) is 0 Å². The van der Waals surface area contributed by atoms with Crippen molar-refractivity contribution in [2.75, 3.05) is 4.90 Å². The number of rotatable bonds is 4. The monoisotopic (exact) mass is 534 g/mol. The Balaban J connectivity index is 1.68. The standard InChI is InChI=1S/C27H24BrFN4S/c1-16-14-21(11-12-23(16)28)33-26(25(31-27(33)34)24-6-4-5-13-30-24)22-15-17(2)32(18(22)3)20-9-7-19(29)8-10-20/h4-15,25-26H,1-3H3,(H,31,34)/t25-,26+/m0/s1. The summed E-state index contributed by atoms with van der Waals surface area (Å²) in [6.07, 6.45) is 1.81. The first kappa shape index (κ1) is 22.7. The molecule has 1 aliphatic rings. The van der Waals surface area contributed by atoms with Crippen molar-refractivity contribution in [3.05, 3.63) is 111 Å². The molecule has 4 aromatic rings. The second-order valence-electron chi connectivity index (χ2n) is 8.57. The van der Waals surface area contributed by atoms with Gasteiger partial charge in [0.1, 0.15) is 5.82 Å². The van der Waals surface area contributed by atoms with Gasteiger partial charge in [-0.3, -0.25) is 4.98 Å². The van der Waals surface area contributed by atoms with Crippen molar-refractivity contribution >= 4 is 38.9 Å². The van der Waals surface area contributed by atoms with Crippen LogP contribution < -0.4 is 10.2 Å². The van der Waals surface area contributed by atoms with Gasteiger partial charge < -0.3 is 14.8 Å². The summed E-state index contributed by atoms with van der Waals surface area (Å²) >= 11 is 9.48. The van der Waals surface area contributed by atoms with E-state index in [0.717, 1.165) is 44.1 Å². The van der Waals surface area contributed by atoms with Crippen molar-refractivity contribution in [2.24, 2.45) is 0 Å². The third kappa shape index (κ3) is 3.93. The summed E-state index contributed by atoms with van der Waals surface area (Å²) < 4.78 is 16.8. The molecule has 0 spiro atoms. The van der Waals surface area contributed by atoms with Gasteiger partial charge in [-0.15, -0.1) is 0 Å². The Morgan fingerprint density at radius 3 is 2.38 bits per heavy atom. The minimum Gasteiger partial charge on any atom is -0.351 e. The number of aryl methyl sites for hydroxylation is 2. The highest BCUT2D eigenvalue weighted by Crippen LogP contribution is 2.44. The van der Waals surface area contributed by atoms with Gasteiger partial charge >= 0.3 is 0 Å². The largest absolute Gasteiger partial charge is 0.351 e. The normalized spacial score (nSPS) is 17.8. The Labute approximate surface area is 212 Å². The molecule has 2 aromatic carbocycles. The summed E-state index contributed by atoms with van der Waals surface area (Å²) in [5.41, 5.74) is 7.31. The molecule has 7 heteroatoms. The van der Waals surface area contributed by atoms with Crippen molar-refractivity contribution < 1.29 is 4.39 Å². The lowest BCUT2D eigenvalue weighted by molar-refractivity contribution is 0.565. The minimum absolute atomic E-state index is 0.108. The van der Waals surface area contributed by atoms with Gasteiger partial charge in [-0.05, 0) is 105 Å². The van der Waals surface area contributed by atoms with Crippen LogP contribution in [0, 0.1) is 26.6 Å². The lowest BCUT2D eigenvalue weighted by atomic mass is 9.96. The van der Waals surface area contributed by atoms with Gasteiger partial charge in [0, 0.05) is 33.4 Å². The molecule has 3 heterocycles. The number of nitrogens with one attached hydrogen (secondary N) is 1. The van der Waals surface area contributed by atoms with Crippen LogP contribution in [-0.2, 0) is 0 Å². The number of pyridine rings is 1. The number of nitrogens with zero attached hydrogens (tertiary/aromatic N) is 3. The molecule has 4 nitrogen and oxygen atoms in total. The zero-order valence-electron chi connectivity index (χ0n) is 19.1. The lowest BCUT2D eigenvalue weighted by Crippen LogP contribution is -2.29. The fourth-order valence-corrected chi connectivity index (χ4v) is 5.39. The molecule has 1 N–H and O–H groups in total. The zero-order valence-corrected chi connectivity index (χ0v) is 21.5. The lowest BCUT2D eigenvalue weighted by Gasteiger charge is -2.28. The zero-order chi connectivity index (χ0) is 24.0. The van der Waals surface area contributed by atoms with Gasteiger partial charge in [0.15, 0.2) is 5.11 Å². The van der Waals surface area contributed by atoms with Gasteiger partial charge in [0.2, 0.25) is 0 Å². The molecule has 5 rings (SSSR count). The molecule has 0 unspecified atom stereocenters. The summed E-state index contributed by atoms with van der Waals surface area (Å²) in [7, 11) is 0. The average molecular weight is 535 g/mol. The quantitative estimate of drug-likeness (QED) is 0.289. The van der Waals surface area contributed by atoms with Crippen LogP contribution in [0.2, 0.25) is 0 Å². The van der Waals surface area contributed by atoms with Crippen LogP contribution in [0.4, 0.5) is 10.1 Å². The number of anilines is 1. The molecule has 1 aliphatic heterocycles. The number of halogens is 2. The Kier molecular flexibility index (Phi) is 6.00. The summed E-state index contributed by atoms with van der Waals surface area (Å²) in [5, 5.41) is 4.19. The summed E-state index contributed by atoms with van der Waals surface area (Å²) in [5.74, 6) is -0.247. The fraction of sp³-hybridized carbons (Fsp3) is 0.185. The van der Waals surface area contributed by atoms with E-state index in [4.69, 9.17) is 12.2 Å². The van der Waals surface area contributed by atoms with E-state index >= 15 is 0 Å². The van der Waals surface area contributed by atoms with E-state index in [0.29, 0.717) is 5.11 Å². The molecular formula is C27H24BrFN4S. The van der Waals surface area contributed by atoms with E-state index in [9.17, 15) is 4.39 Å². The molecular weight excluding hydrogens is 511 g/mol. The maximum Gasteiger partial charge on any atom is 0.174 e. The van der Waals surface area contributed by atoms with Crippen LogP contribution in [0.1, 0.15) is 40.3 Å². The van der Waals surface area contributed by atoms with E-state index < -0.39 is 0 Å². The van der Waals surface area contributed by atoms with Crippen molar-refractivity contribution in [1.29, 1.82) is 0 Å². The van der Waals surface area contributed by atoms with E-state index in [1.165, 1.54) is 12.1 Å². The fourth-order valence-electron chi connectivity index (χ4n) is 4.80. The average Bonchev–Trinajstić information content (AvgIpc) is 3.32. The van der Waals surface area contributed by atoms with Crippen LogP contribution >= 0.6 is 28.1 Å². The Morgan fingerprint density at radius 1 is 0.971 bits per heavy atom. The third-order valence-corrected chi connectivity index (χ3v) is 7.60. The maximum atomic E-state index is 13.6. The summed E-state index contributed by atoms with van der Waals surface area (Å²) in [6.45, 7) is 6.25. The van der Waals surface area contributed by atoms with Gasteiger partial charge in [0.05, 0.1) is 17.8 Å². The van der Waals surface area contributed by atoms with Crippen molar-refractivity contribution in [2.45, 2.75) is 32.9 Å². The highest BCUT2D eigenvalue weighted by atomic mass is 79.9. The van der Waals surface area contributed by atoms with Crippen molar-refractivity contribution in [1.82, 2.24) is 14.9 Å². The first-order valence-corrected chi connectivity index (χ1v) is 12.3. The first-order valence-electron chi connectivity index (χ1n) is 11.1. The van der Waals surface area contributed by atoms with Crippen LogP contribution in [0.25, 0.3) is 5.69 Å². The molecule has 0 bridgehead atoms. The first-order chi connectivity index (χ1) is 16.3. The molecule has 172 valence electrons. The summed E-state index contributed by atoms with van der Waals surface area (Å²) in [4.78, 5) is 6.84. The van der Waals surface area contributed by atoms with Crippen LogP contribution in [-0.4, -0.2) is 14.7 Å². The highest BCUT2D eigenvalue weighted by molar-refractivity contribution is 9.10. The topological polar surface area (TPSA) is 33.1 Å². The molecule has 34 heavy (non-hydrogen) atoms. The second-order valence-corrected chi connectivity index (χ2v) is 9.81. The van der Waals surface area contributed by atoms with E-state index in [-0.39, 0.29) is 17.9 Å². The van der Waals surface area contributed by atoms with E-state index in [1.807, 2.05) is 36.5 Å². The molecule has 1 saturated heterocycles. The minimum atomic E-state index is -0.247. The van der Waals surface area contributed by atoms with Gasteiger partial charge in [-0.25, -0.2) is 4.39 Å². The molecule has 0 aliphatic carbocycles. The SMILES string of the molecule is Cc1cc(N2C(=S)N[C@@H](c3ccccn3)[C@H]2c2cc(C)n(-c3ccc(F)cc3)c2C)ccc1Br. The molecule has 0 amide bonds. The number of hydrogen-bond donors (Lipinski definition) is 1. The van der Waals surface area contributed by atoms with Gasteiger partial charge in [-0.2, -0.15) is 0 Å². The number of benzene rings is 2. The molecule has 0 radical (unpaired) electrons. The number of hydrogen-bond acceptors (Lipinski definition) is 2. The third-order valence-electron chi connectivity index (χ3n) is 6.39. The van der Waals surface area contributed by atoms with E-state index in [1.54, 1.807) is 0 Å². The van der Waals surface area contributed by atoms with Crippen LogP contribution in [0.15, 0.2) is 77.4 Å². The van der Waals surface area contributed by atoms with Crippen LogP contribution in [0.5, 0.6) is 0 Å². The number of aromatic nitrogens is 2. The Hall–Kier alpha value is -3.03. The predicted octanol–water partition coefficient (Wildman–Crippen LogP) is 6.88. The van der Waals surface area contributed by atoms with E-state index in [2.05, 4.69) is 80.7 Å². The molecule has 0 saturated carbocycles. The van der Waals surface area contributed by atoms with Crippen molar-refractivity contribution in [3.8, 4) is 5.69 Å². The smallest absolute Gasteiger partial charge is 0.174 e. The van der Waals surface area contributed by atoms with Gasteiger partial charge in [-0.1, -0.05) is 22.0 Å². The molecule has 1 fully saturated rings. The summed E-state index contributed by atoms with van der Waals surface area (Å²) in [6, 6.07) is 20.8. The predicted molar refractivity (Wildman–Crippen MR) is 142 cm³/mol. The Bertz CT molecular complexity index is 1370. The second kappa shape index (κ2) is 8.96. The highest BCUT2D eigenvalue weighted by Gasteiger charge is 2.42. The maximum absolute atomic E-state index is 13.6. The van der Waals surface area contributed by atoms with Crippen molar-refractivity contribution in [3.63, 3.8) is 0 Å². The number of thiocarbonyl (C=S) groups is 1. The van der Waals surface area contributed by atoms with Gasteiger partial charge in [0.25, 0.3) is 0 Å². The molecule has 2 atom stereocenters. The molecule has 2 aromatic heterocycles. The Morgan fingerprint density at radius 2 is 1.71 bits per heavy atom.